The number of para-hydroxylation sites is 1. The van der Waals surface area contributed by atoms with Crippen molar-refractivity contribution in [2.75, 3.05) is 16.8 Å². The highest BCUT2D eigenvalue weighted by Gasteiger charge is 2.36. The van der Waals surface area contributed by atoms with Crippen molar-refractivity contribution < 1.29 is 19.1 Å². The third-order valence-electron chi connectivity index (χ3n) is 4.63. The molecule has 1 aliphatic heterocycles. The second kappa shape index (κ2) is 7.59. The average Bonchev–Trinajstić information content (AvgIpc) is 2.98. The molecule has 0 fully saturated rings. The van der Waals surface area contributed by atoms with Crippen LogP contribution in [0.1, 0.15) is 26.3 Å². The molecule has 3 aromatic rings. The van der Waals surface area contributed by atoms with Gasteiger partial charge in [-0.2, -0.15) is 0 Å². The lowest BCUT2D eigenvalue weighted by atomic mass is 10.1. The van der Waals surface area contributed by atoms with E-state index in [0.29, 0.717) is 28.3 Å². The maximum atomic E-state index is 12.6. The molecule has 1 N–H and O–H groups in total. The maximum Gasteiger partial charge on any atom is 0.266 e. The van der Waals surface area contributed by atoms with Crippen LogP contribution in [0.15, 0.2) is 72.8 Å². The van der Waals surface area contributed by atoms with Crippen LogP contribution < -0.4 is 15.0 Å². The Bertz CT molecular complexity index is 1090. The number of aryl methyl sites for hydroxylation is 1. The van der Waals surface area contributed by atoms with E-state index in [1.807, 2.05) is 25.1 Å². The molecule has 0 bridgehead atoms. The number of hydrogen-bond donors (Lipinski definition) is 1. The summed E-state index contributed by atoms with van der Waals surface area (Å²) in [5.41, 5.74) is 2.55. The van der Waals surface area contributed by atoms with E-state index in [4.69, 9.17) is 4.74 Å². The highest BCUT2D eigenvalue weighted by Crippen LogP contribution is 2.29. The first-order valence-corrected chi connectivity index (χ1v) is 9.11. The van der Waals surface area contributed by atoms with E-state index in [9.17, 15) is 14.4 Å². The lowest BCUT2D eigenvalue weighted by Gasteiger charge is -2.15. The molecule has 29 heavy (non-hydrogen) atoms. The number of amides is 3. The molecule has 6 nitrogen and oxygen atoms in total. The fraction of sp³-hybridized carbons (Fsp3) is 0.0870. The number of carbonyl (C=O) groups is 3. The Morgan fingerprint density at radius 1 is 0.897 bits per heavy atom. The predicted octanol–water partition coefficient (Wildman–Crippen LogP) is 3.81. The van der Waals surface area contributed by atoms with E-state index in [2.05, 4.69) is 5.32 Å². The molecule has 0 saturated heterocycles. The Kier molecular flexibility index (Phi) is 4.83. The summed E-state index contributed by atoms with van der Waals surface area (Å²) in [4.78, 5) is 38.6. The molecule has 4 rings (SSSR count). The summed E-state index contributed by atoms with van der Waals surface area (Å²) in [7, 11) is 0. The number of nitrogens with zero attached hydrogens (tertiary/aromatic N) is 1. The lowest BCUT2D eigenvalue weighted by molar-refractivity contribution is -0.118. The van der Waals surface area contributed by atoms with E-state index < -0.39 is 0 Å². The molecule has 0 atom stereocenters. The average molecular weight is 386 g/mol. The zero-order chi connectivity index (χ0) is 20.4. The Balaban J connectivity index is 1.47. The fourth-order valence-electron chi connectivity index (χ4n) is 3.21. The van der Waals surface area contributed by atoms with Gasteiger partial charge in [-0.25, -0.2) is 4.90 Å². The zero-order valence-electron chi connectivity index (χ0n) is 15.7. The van der Waals surface area contributed by atoms with Crippen LogP contribution in [0.2, 0.25) is 0 Å². The number of carbonyl (C=O) groups excluding carboxylic acids is 3. The largest absolute Gasteiger partial charge is 0.483 e. The Morgan fingerprint density at radius 2 is 1.55 bits per heavy atom. The molecule has 6 heteroatoms. The third kappa shape index (κ3) is 3.60. The molecule has 1 aliphatic rings. The van der Waals surface area contributed by atoms with Gasteiger partial charge in [0.15, 0.2) is 6.61 Å². The van der Waals surface area contributed by atoms with E-state index in [1.54, 1.807) is 54.6 Å². The molecule has 3 aromatic carbocycles. The van der Waals surface area contributed by atoms with Gasteiger partial charge in [-0.15, -0.1) is 0 Å². The van der Waals surface area contributed by atoms with Crippen LogP contribution in [0.4, 0.5) is 11.4 Å². The molecule has 1 heterocycles. The Morgan fingerprint density at radius 3 is 2.24 bits per heavy atom. The summed E-state index contributed by atoms with van der Waals surface area (Å²) < 4.78 is 5.55. The molecule has 3 amide bonds. The van der Waals surface area contributed by atoms with Gasteiger partial charge in [-0.3, -0.25) is 14.4 Å². The van der Waals surface area contributed by atoms with Crippen molar-refractivity contribution in [2.45, 2.75) is 6.92 Å². The minimum atomic E-state index is -0.378. The van der Waals surface area contributed by atoms with Crippen molar-refractivity contribution in [1.82, 2.24) is 0 Å². The fourth-order valence-corrected chi connectivity index (χ4v) is 3.21. The first-order valence-electron chi connectivity index (χ1n) is 9.11. The highest BCUT2D eigenvalue weighted by atomic mass is 16.5. The maximum absolute atomic E-state index is 12.6. The number of ether oxygens (including phenoxy) is 1. The van der Waals surface area contributed by atoms with Gasteiger partial charge >= 0.3 is 0 Å². The van der Waals surface area contributed by atoms with Gasteiger partial charge in [-0.05, 0) is 48.9 Å². The summed E-state index contributed by atoms with van der Waals surface area (Å²) in [5.74, 6) is -0.455. The predicted molar refractivity (Wildman–Crippen MR) is 109 cm³/mol. The number of anilines is 2. The van der Waals surface area contributed by atoms with Gasteiger partial charge in [0.1, 0.15) is 5.75 Å². The topological polar surface area (TPSA) is 75.7 Å². The van der Waals surface area contributed by atoms with Crippen LogP contribution in [0.25, 0.3) is 0 Å². The SMILES string of the molecule is Cc1ccccc1OCC(=O)Nc1cccc(N2C(=O)c3ccccc3C2=O)c1. The zero-order valence-corrected chi connectivity index (χ0v) is 15.7. The van der Waals surface area contributed by atoms with Crippen LogP contribution in [-0.2, 0) is 4.79 Å². The lowest BCUT2D eigenvalue weighted by Crippen LogP contribution is -2.29. The summed E-state index contributed by atoms with van der Waals surface area (Å²) in [5, 5.41) is 2.73. The normalized spacial score (nSPS) is 12.7. The first-order chi connectivity index (χ1) is 14.0. The van der Waals surface area contributed by atoms with Crippen LogP contribution in [-0.4, -0.2) is 24.3 Å². The van der Waals surface area contributed by atoms with Crippen LogP contribution >= 0.6 is 0 Å². The molecule has 0 radical (unpaired) electrons. The van der Waals surface area contributed by atoms with Crippen molar-refractivity contribution >= 4 is 29.1 Å². The second-order valence-corrected chi connectivity index (χ2v) is 6.64. The minimum Gasteiger partial charge on any atom is -0.483 e. The molecule has 0 aliphatic carbocycles. The van der Waals surface area contributed by atoms with Gasteiger partial charge in [0.2, 0.25) is 0 Å². The number of rotatable bonds is 5. The molecule has 0 aromatic heterocycles. The number of fused-ring (bicyclic) bond motifs is 1. The van der Waals surface area contributed by atoms with Crippen molar-refractivity contribution in [2.24, 2.45) is 0 Å². The molecule has 0 spiro atoms. The Hall–Kier alpha value is -3.93. The van der Waals surface area contributed by atoms with Crippen molar-refractivity contribution in [1.29, 1.82) is 0 Å². The number of nitrogens with one attached hydrogen (secondary N) is 1. The van der Waals surface area contributed by atoms with Gasteiger partial charge < -0.3 is 10.1 Å². The van der Waals surface area contributed by atoms with Gasteiger partial charge in [0, 0.05) is 5.69 Å². The molecular formula is C23H18N2O4. The molecule has 0 unspecified atom stereocenters. The first kappa shape index (κ1) is 18.4. The second-order valence-electron chi connectivity index (χ2n) is 6.64. The van der Waals surface area contributed by atoms with Gasteiger partial charge in [-0.1, -0.05) is 36.4 Å². The van der Waals surface area contributed by atoms with Crippen molar-refractivity contribution in [3.05, 3.63) is 89.5 Å². The number of benzene rings is 3. The highest BCUT2D eigenvalue weighted by molar-refractivity contribution is 6.34. The van der Waals surface area contributed by atoms with Crippen LogP contribution in [0.5, 0.6) is 5.75 Å². The number of hydrogen-bond acceptors (Lipinski definition) is 4. The molecule has 0 saturated carbocycles. The monoisotopic (exact) mass is 386 g/mol. The Labute approximate surface area is 167 Å². The molecule has 144 valence electrons. The summed E-state index contributed by atoms with van der Waals surface area (Å²) in [6, 6.07) is 20.7. The summed E-state index contributed by atoms with van der Waals surface area (Å²) in [6.45, 7) is 1.75. The van der Waals surface area contributed by atoms with E-state index in [0.717, 1.165) is 10.5 Å². The standard InChI is InChI=1S/C23H18N2O4/c1-15-7-2-5-12-20(15)29-14-21(26)24-16-8-6-9-17(13-16)25-22(27)18-10-3-4-11-19(18)23(25)28/h2-13H,14H2,1H3,(H,24,26). The van der Waals surface area contributed by atoms with Crippen molar-refractivity contribution in [3.8, 4) is 5.75 Å². The number of imide groups is 1. The van der Waals surface area contributed by atoms with E-state index in [-0.39, 0.29) is 24.3 Å². The summed E-state index contributed by atoms with van der Waals surface area (Å²) in [6.07, 6.45) is 0. The van der Waals surface area contributed by atoms with Crippen molar-refractivity contribution in [3.63, 3.8) is 0 Å². The summed E-state index contributed by atoms with van der Waals surface area (Å²) >= 11 is 0. The quantitative estimate of drug-likeness (QED) is 0.677. The van der Waals surface area contributed by atoms with Gasteiger partial charge in [0.05, 0.1) is 16.8 Å². The van der Waals surface area contributed by atoms with Gasteiger partial charge in [0.25, 0.3) is 17.7 Å². The molecular weight excluding hydrogens is 368 g/mol. The van der Waals surface area contributed by atoms with Crippen LogP contribution in [0, 0.1) is 6.92 Å². The third-order valence-corrected chi connectivity index (χ3v) is 4.63. The van der Waals surface area contributed by atoms with E-state index in [1.165, 1.54) is 0 Å². The smallest absolute Gasteiger partial charge is 0.266 e. The van der Waals surface area contributed by atoms with Crippen LogP contribution in [0.3, 0.4) is 0 Å². The minimum absolute atomic E-state index is 0.151. The van der Waals surface area contributed by atoms with E-state index >= 15 is 0 Å².